The molecule has 24 heavy (non-hydrogen) atoms. The van der Waals surface area contributed by atoms with Crippen LogP contribution >= 0.6 is 22.9 Å². The highest BCUT2D eigenvalue weighted by Crippen LogP contribution is 2.22. The minimum absolute atomic E-state index is 0.269. The number of hydrogen-bond acceptors (Lipinski definition) is 2. The number of benzene rings is 2. The molecule has 0 aliphatic heterocycles. The number of carbonyl (C=O) groups is 1. The van der Waals surface area contributed by atoms with Crippen LogP contribution in [0.3, 0.4) is 0 Å². The third-order valence-electron chi connectivity index (χ3n) is 3.43. The van der Waals surface area contributed by atoms with E-state index in [4.69, 9.17) is 11.6 Å². The van der Waals surface area contributed by atoms with Crippen LogP contribution in [0, 0.1) is 11.6 Å². The molecule has 0 aliphatic carbocycles. The van der Waals surface area contributed by atoms with Crippen molar-refractivity contribution in [2.45, 2.75) is 19.9 Å². The lowest BCUT2D eigenvalue weighted by Crippen LogP contribution is -2.17. The third-order valence-corrected chi connectivity index (χ3v) is 4.71. The number of thiazole rings is 1. The summed E-state index contributed by atoms with van der Waals surface area (Å²) in [5.41, 5.74) is 0.650. The first kappa shape index (κ1) is 16.8. The first-order valence-corrected chi connectivity index (χ1v) is 8.52. The summed E-state index contributed by atoms with van der Waals surface area (Å²) in [6.07, 6.45) is 0.727. The fourth-order valence-corrected chi connectivity index (χ4v) is 3.61. The van der Waals surface area contributed by atoms with E-state index >= 15 is 0 Å². The second-order valence-corrected chi connectivity index (χ2v) is 6.64. The molecule has 2 aromatic carbocycles. The SMILES string of the molecule is CCCn1c(=NC(=O)c2ccc(Cl)cc2)sc2cc(F)cc(F)c21. The summed E-state index contributed by atoms with van der Waals surface area (Å²) in [5, 5.41) is 0.520. The molecule has 3 nitrogen and oxygen atoms in total. The molecule has 0 fully saturated rings. The summed E-state index contributed by atoms with van der Waals surface area (Å²) in [4.78, 5) is 16.8. The average Bonchev–Trinajstić information content (AvgIpc) is 2.85. The minimum Gasteiger partial charge on any atom is -0.314 e. The lowest BCUT2D eigenvalue weighted by atomic mass is 10.2. The predicted octanol–water partition coefficient (Wildman–Crippen LogP) is 4.79. The number of aromatic nitrogens is 1. The van der Waals surface area contributed by atoms with Crippen LogP contribution in [-0.2, 0) is 6.54 Å². The molecule has 0 aliphatic rings. The number of hydrogen-bond donors (Lipinski definition) is 0. The quantitative estimate of drug-likeness (QED) is 0.656. The highest BCUT2D eigenvalue weighted by atomic mass is 35.5. The smallest absolute Gasteiger partial charge is 0.279 e. The lowest BCUT2D eigenvalue weighted by molar-refractivity contribution is 0.0998. The van der Waals surface area contributed by atoms with Gasteiger partial charge >= 0.3 is 0 Å². The molecule has 3 aromatic rings. The van der Waals surface area contributed by atoms with Crippen LogP contribution in [0.2, 0.25) is 5.02 Å². The van der Waals surface area contributed by atoms with E-state index in [2.05, 4.69) is 4.99 Å². The molecule has 0 radical (unpaired) electrons. The molecule has 1 amide bonds. The van der Waals surface area contributed by atoms with Gasteiger partial charge in [0.15, 0.2) is 10.6 Å². The lowest BCUT2D eigenvalue weighted by Gasteiger charge is -2.03. The molecule has 1 heterocycles. The average molecular weight is 367 g/mol. The number of carbonyl (C=O) groups excluding carboxylic acids is 1. The van der Waals surface area contributed by atoms with Gasteiger partial charge in [-0.25, -0.2) is 8.78 Å². The highest BCUT2D eigenvalue weighted by Gasteiger charge is 2.14. The van der Waals surface area contributed by atoms with Gasteiger partial charge in [0.2, 0.25) is 0 Å². The Kier molecular flexibility index (Phi) is 4.78. The van der Waals surface area contributed by atoms with E-state index in [0.717, 1.165) is 23.8 Å². The van der Waals surface area contributed by atoms with Crippen LogP contribution in [0.4, 0.5) is 8.78 Å². The van der Waals surface area contributed by atoms with E-state index in [1.807, 2.05) is 6.92 Å². The Morgan fingerprint density at radius 1 is 1.25 bits per heavy atom. The van der Waals surface area contributed by atoms with Gasteiger partial charge in [0, 0.05) is 23.2 Å². The molecule has 0 spiro atoms. The summed E-state index contributed by atoms with van der Waals surface area (Å²) in [6.45, 7) is 2.41. The molecular formula is C17H13ClF2N2OS. The summed E-state index contributed by atoms with van der Waals surface area (Å²) in [5.74, 6) is -1.76. The first-order valence-electron chi connectivity index (χ1n) is 7.32. The van der Waals surface area contributed by atoms with Crippen molar-refractivity contribution in [3.63, 3.8) is 0 Å². The van der Waals surface area contributed by atoms with Crippen molar-refractivity contribution in [3.05, 3.63) is 63.4 Å². The fraction of sp³-hybridized carbons (Fsp3) is 0.176. The van der Waals surface area contributed by atoms with Crippen molar-refractivity contribution < 1.29 is 13.6 Å². The molecule has 0 saturated carbocycles. The van der Waals surface area contributed by atoms with Gasteiger partial charge in [-0.05, 0) is 36.8 Å². The van der Waals surface area contributed by atoms with E-state index in [9.17, 15) is 13.6 Å². The van der Waals surface area contributed by atoms with E-state index in [-0.39, 0.29) is 5.52 Å². The Labute approximate surface area is 145 Å². The maximum atomic E-state index is 14.2. The Morgan fingerprint density at radius 2 is 1.96 bits per heavy atom. The number of fused-ring (bicyclic) bond motifs is 1. The molecular weight excluding hydrogens is 354 g/mol. The minimum atomic E-state index is -0.657. The summed E-state index contributed by atoms with van der Waals surface area (Å²) in [6, 6.07) is 8.44. The Morgan fingerprint density at radius 3 is 2.62 bits per heavy atom. The van der Waals surface area contributed by atoms with Crippen molar-refractivity contribution in [1.82, 2.24) is 4.57 Å². The van der Waals surface area contributed by atoms with Crippen LogP contribution in [-0.4, -0.2) is 10.5 Å². The monoisotopic (exact) mass is 366 g/mol. The topological polar surface area (TPSA) is 34.4 Å². The standard InChI is InChI=1S/C17H13ClF2N2OS/c1-2-7-22-15-13(20)8-12(19)9-14(15)24-17(22)21-16(23)10-3-5-11(18)6-4-10/h3-6,8-9H,2,7H2,1H3. The zero-order chi connectivity index (χ0) is 17.3. The zero-order valence-corrected chi connectivity index (χ0v) is 14.3. The predicted molar refractivity (Wildman–Crippen MR) is 91.4 cm³/mol. The third kappa shape index (κ3) is 3.25. The van der Waals surface area contributed by atoms with Gasteiger partial charge in [0.1, 0.15) is 5.82 Å². The number of amides is 1. The second kappa shape index (κ2) is 6.83. The van der Waals surface area contributed by atoms with Gasteiger partial charge < -0.3 is 4.57 Å². The van der Waals surface area contributed by atoms with Crippen molar-refractivity contribution in [2.24, 2.45) is 4.99 Å². The van der Waals surface area contributed by atoms with Crippen molar-refractivity contribution >= 4 is 39.1 Å². The summed E-state index contributed by atoms with van der Waals surface area (Å²) >= 11 is 6.90. The highest BCUT2D eigenvalue weighted by molar-refractivity contribution is 7.16. The molecule has 124 valence electrons. The summed E-state index contributed by atoms with van der Waals surface area (Å²) in [7, 11) is 0. The Balaban J connectivity index is 2.17. The van der Waals surface area contributed by atoms with Gasteiger partial charge in [-0.1, -0.05) is 29.9 Å². The zero-order valence-electron chi connectivity index (χ0n) is 12.7. The van der Waals surface area contributed by atoms with Gasteiger partial charge in [0.25, 0.3) is 5.91 Å². The molecule has 0 saturated heterocycles. The van der Waals surface area contributed by atoms with E-state index in [0.29, 0.717) is 26.6 Å². The van der Waals surface area contributed by atoms with Crippen LogP contribution in [0.15, 0.2) is 41.4 Å². The fourth-order valence-electron chi connectivity index (χ4n) is 2.39. The summed E-state index contributed by atoms with van der Waals surface area (Å²) < 4.78 is 29.6. The van der Waals surface area contributed by atoms with Crippen molar-refractivity contribution in [2.75, 3.05) is 0 Å². The van der Waals surface area contributed by atoms with Gasteiger partial charge in [-0.15, -0.1) is 0 Å². The molecule has 3 rings (SSSR count). The van der Waals surface area contributed by atoms with Gasteiger partial charge in [-0.3, -0.25) is 4.79 Å². The number of halogens is 3. The van der Waals surface area contributed by atoms with Gasteiger partial charge in [0.05, 0.1) is 10.2 Å². The number of aryl methyl sites for hydroxylation is 1. The Hall–Kier alpha value is -2.05. The van der Waals surface area contributed by atoms with Crippen molar-refractivity contribution in [3.8, 4) is 0 Å². The maximum Gasteiger partial charge on any atom is 0.279 e. The number of nitrogens with zero attached hydrogens (tertiary/aromatic N) is 2. The van der Waals surface area contributed by atoms with E-state index in [1.165, 1.54) is 6.07 Å². The van der Waals surface area contributed by atoms with Gasteiger partial charge in [-0.2, -0.15) is 4.99 Å². The molecule has 0 N–H and O–H groups in total. The van der Waals surface area contributed by atoms with E-state index < -0.39 is 17.5 Å². The van der Waals surface area contributed by atoms with Crippen LogP contribution < -0.4 is 4.80 Å². The first-order chi connectivity index (χ1) is 11.5. The molecule has 0 atom stereocenters. The van der Waals surface area contributed by atoms with Crippen molar-refractivity contribution in [1.29, 1.82) is 0 Å². The number of rotatable bonds is 3. The molecule has 1 aromatic heterocycles. The molecule has 0 unspecified atom stereocenters. The molecule has 7 heteroatoms. The van der Waals surface area contributed by atoms with Crippen LogP contribution in [0.1, 0.15) is 23.7 Å². The Bertz CT molecular complexity index is 977. The maximum absolute atomic E-state index is 14.2. The van der Waals surface area contributed by atoms with Crippen LogP contribution in [0.5, 0.6) is 0 Å². The second-order valence-electron chi connectivity index (χ2n) is 5.19. The van der Waals surface area contributed by atoms with E-state index in [1.54, 1.807) is 28.8 Å². The molecule has 0 bridgehead atoms. The van der Waals surface area contributed by atoms with Crippen LogP contribution in [0.25, 0.3) is 10.2 Å². The normalized spacial score (nSPS) is 12.1. The largest absolute Gasteiger partial charge is 0.314 e.